The molecule has 0 aromatic rings. The molecular formula is C13H30N2O2. The summed E-state index contributed by atoms with van der Waals surface area (Å²) in [5.41, 5.74) is 0. The molecule has 0 saturated heterocycles. The Morgan fingerprint density at radius 2 is 1.82 bits per heavy atom. The molecule has 4 heteroatoms. The van der Waals surface area contributed by atoms with E-state index in [0.717, 1.165) is 25.6 Å². The molecule has 1 unspecified atom stereocenters. The maximum absolute atomic E-state index is 5.43. The summed E-state index contributed by atoms with van der Waals surface area (Å²) < 4.78 is 10.4. The van der Waals surface area contributed by atoms with E-state index >= 15 is 0 Å². The van der Waals surface area contributed by atoms with Crippen molar-refractivity contribution in [2.24, 2.45) is 5.92 Å². The van der Waals surface area contributed by atoms with Crippen LogP contribution in [0.25, 0.3) is 0 Å². The van der Waals surface area contributed by atoms with Crippen LogP contribution in [0, 0.1) is 5.92 Å². The van der Waals surface area contributed by atoms with Crippen molar-refractivity contribution in [3.8, 4) is 0 Å². The van der Waals surface area contributed by atoms with Crippen LogP contribution < -0.4 is 5.32 Å². The van der Waals surface area contributed by atoms with E-state index in [1.807, 2.05) is 0 Å². The van der Waals surface area contributed by atoms with Gasteiger partial charge in [0.2, 0.25) is 0 Å². The molecule has 0 fully saturated rings. The van der Waals surface area contributed by atoms with E-state index in [1.165, 1.54) is 6.42 Å². The average Bonchev–Trinajstić information content (AvgIpc) is 2.21. The lowest BCUT2D eigenvalue weighted by molar-refractivity contribution is 0.0703. The van der Waals surface area contributed by atoms with Crippen LogP contribution >= 0.6 is 0 Å². The van der Waals surface area contributed by atoms with Crippen LogP contribution in [0.5, 0.6) is 0 Å². The van der Waals surface area contributed by atoms with Gasteiger partial charge in [-0.15, -0.1) is 0 Å². The van der Waals surface area contributed by atoms with Gasteiger partial charge in [-0.3, -0.25) is 0 Å². The summed E-state index contributed by atoms with van der Waals surface area (Å²) in [5, 5.41) is 3.55. The highest BCUT2D eigenvalue weighted by atomic mass is 16.5. The molecule has 1 N–H and O–H groups in total. The van der Waals surface area contributed by atoms with E-state index in [0.29, 0.717) is 19.3 Å². The molecule has 0 spiro atoms. The van der Waals surface area contributed by atoms with E-state index in [-0.39, 0.29) is 0 Å². The van der Waals surface area contributed by atoms with Crippen molar-refractivity contribution in [3.05, 3.63) is 0 Å². The molecule has 0 aliphatic rings. The van der Waals surface area contributed by atoms with Crippen molar-refractivity contribution in [1.29, 1.82) is 0 Å². The topological polar surface area (TPSA) is 33.7 Å². The predicted octanol–water partition coefficient (Wildman–Crippen LogP) is 1.22. The van der Waals surface area contributed by atoms with Crippen molar-refractivity contribution < 1.29 is 9.47 Å². The quantitative estimate of drug-likeness (QED) is 0.556. The molecule has 17 heavy (non-hydrogen) atoms. The first-order chi connectivity index (χ1) is 8.06. The summed E-state index contributed by atoms with van der Waals surface area (Å²) >= 11 is 0. The smallest absolute Gasteiger partial charge is 0.0700 e. The summed E-state index contributed by atoms with van der Waals surface area (Å²) in [6.07, 6.45) is 1.20. The van der Waals surface area contributed by atoms with Gasteiger partial charge in [0, 0.05) is 26.2 Å². The van der Waals surface area contributed by atoms with Crippen molar-refractivity contribution in [2.75, 3.05) is 54.1 Å². The molecule has 0 bridgehead atoms. The number of rotatable bonds is 11. The van der Waals surface area contributed by atoms with Gasteiger partial charge in [-0.25, -0.2) is 0 Å². The van der Waals surface area contributed by atoms with Crippen molar-refractivity contribution in [2.45, 2.75) is 26.3 Å². The first-order valence-corrected chi connectivity index (χ1v) is 6.51. The van der Waals surface area contributed by atoms with E-state index < -0.39 is 0 Å². The molecule has 0 radical (unpaired) electrons. The minimum Gasteiger partial charge on any atom is -0.382 e. The lowest BCUT2D eigenvalue weighted by Crippen LogP contribution is -2.40. The minimum atomic E-state index is 0.552. The highest BCUT2D eigenvalue weighted by Gasteiger charge is 2.10. The normalized spacial score (nSPS) is 13.6. The lowest BCUT2D eigenvalue weighted by atomic mass is 10.0. The number of nitrogens with zero attached hydrogens (tertiary/aromatic N) is 1. The second-order valence-corrected chi connectivity index (χ2v) is 5.15. The number of ether oxygens (including phenoxy) is 2. The van der Waals surface area contributed by atoms with Gasteiger partial charge in [0.1, 0.15) is 0 Å². The standard InChI is InChI=1S/C13H30N2O2/c1-12(2)10-13(11-15(3)4)14-6-7-17-9-8-16-5/h12-14H,6-11H2,1-5H3. The van der Waals surface area contributed by atoms with Crippen molar-refractivity contribution in [1.82, 2.24) is 10.2 Å². The fourth-order valence-corrected chi connectivity index (χ4v) is 1.81. The fraction of sp³-hybridized carbons (Fsp3) is 1.00. The first-order valence-electron chi connectivity index (χ1n) is 6.51. The molecule has 0 amide bonds. The zero-order valence-corrected chi connectivity index (χ0v) is 12.2. The van der Waals surface area contributed by atoms with E-state index in [4.69, 9.17) is 9.47 Å². The molecule has 0 aromatic heterocycles. The zero-order valence-electron chi connectivity index (χ0n) is 12.2. The molecular weight excluding hydrogens is 216 g/mol. The van der Waals surface area contributed by atoms with Crippen LogP contribution in [0.2, 0.25) is 0 Å². The summed E-state index contributed by atoms with van der Waals surface area (Å²) in [7, 11) is 5.92. The molecule has 4 nitrogen and oxygen atoms in total. The Morgan fingerprint density at radius 1 is 1.12 bits per heavy atom. The third kappa shape index (κ3) is 12.1. The maximum atomic E-state index is 5.43. The minimum absolute atomic E-state index is 0.552. The van der Waals surface area contributed by atoms with Crippen LogP contribution in [0.4, 0.5) is 0 Å². The molecule has 0 rings (SSSR count). The Bertz CT molecular complexity index is 153. The highest BCUT2D eigenvalue weighted by molar-refractivity contribution is 4.71. The van der Waals surface area contributed by atoms with Crippen LogP contribution in [0.15, 0.2) is 0 Å². The van der Waals surface area contributed by atoms with Gasteiger partial charge in [-0.2, -0.15) is 0 Å². The van der Waals surface area contributed by atoms with Crippen LogP contribution in [-0.2, 0) is 9.47 Å². The number of hydrogen-bond donors (Lipinski definition) is 1. The SMILES string of the molecule is COCCOCCNC(CC(C)C)CN(C)C. The van der Waals surface area contributed by atoms with Crippen LogP contribution in [0.3, 0.4) is 0 Å². The Hall–Kier alpha value is -0.160. The van der Waals surface area contributed by atoms with Gasteiger partial charge >= 0.3 is 0 Å². The Labute approximate surface area is 107 Å². The Kier molecular flexibility index (Phi) is 10.9. The second kappa shape index (κ2) is 11.0. The monoisotopic (exact) mass is 246 g/mol. The summed E-state index contributed by atoms with van der Waals surface area (Å²) in [6.45, 7) is 8.63. The molecule has 0 heterocycles. The number of nitrogens with one attached hydrogen (secondary N) is 1. The lowest BCUT2D eigenvalue weighted by Gasteiger charge is -2.24. The largest absolute Gasteiger partial charge is 0.382 e. The summed E-state index contributed by atoms with van der Waals surface area (Å²) in [6, 6.07) is 0.552. The fourth-order valence-electron chi connectivity index (χ4n) is 1.81. The van der Waals surface area contributed by atoms with E-state index in [9.17, 15) is 0 Å². The van der Waals surface area contributed by atoms with Crippen LogP contribution in [0.1, 0.15) is 20.3 Å². The molecule has 0 aromatic carbocycles. The van der Waals surface area contributed by atoms with Gasteiger partial charge < -0.3 is 19.7 Å². The number of methoxy groups -OCH3 is 1. The van der Waals surface area contributed by atoms with E-state index in [2.05, 4.69) is 38.2 Å². The third-order valence-corrected chi connectivity index (χ3v) is 2.45. The van der Waals surface area contributed by atoms with Gasteiger partial charge in [-0.05, 0) is 26.4 Å². The van der Waals surface area contributed by atoms with Gasteiger partial charge in [0.25, 0.3) is 0 Å². The van der Waals surface area contributed by atoms with Gasteiger partial charge in [-0.1, -0.05) is 13.8 Å². The predicted molar refractivity (Wildman–Crippen MR) is 72.5 cm³/mol. The third-order valence-electron chi connectivity index (χ3n) is 2.45. The second-order valence-electron chi connectivity index (χ2n) is 5.15. The molecule has 0 aliphatic heterocycles. The Balaban J connectivity index is 3.60. The number of likely N-dealkylation sites (N-methyl/N-ethyl adjacent to an activating group) is 1. The summed E-state index contributed by atoms with van der Waals surface area (Å²) in [5.74, 6) is 0.724. The van der Waals surface area contributed by atoms with E-state index in [1.54, 1.807) is 7.11 Å². The highest BCUT2D eigenvalue weighted by Crippen LogP contribution is 2.05. The van der Waals surface area contributed by atoms with Crippen molar-refractivity contribution >= 4 is 0 Å². The van der Waals surface area contributed by atoms with Gasteiger partial charge in [0.15, 0.2) is 0 Å². The molecule has 0 aliphatic carbocycles. The average molecular weight is 246 g/mol. The molecule has 1 atom stereocenters. The molecule has 0 saturated carbocycles. The van der Waals surface area contributed by atoms with Crippen LogP contribution in [-0.4, -0.2) is 65.1 Å². The summed E-state index contributed by atoms with van der Waals surface area (Å²) in [4.78, 5) is 2.23. The molecule has 104 valence electrons. The zero-order chi connectivity index (χ0) is 13.1. The maximum Gasteiger partial charge on any atom is 0.0700 e. The first kappa shape index (κ1) is 16.8. The van der Waals surface area contributed by atoms with Crippen molar-refractivity contribution in [3.63, 3.8) is 0 Å². The number of hydrogen-bond acceptors (Lipinski definition) is 4. The van der Waals surface area contributed by atoms with Gasteiger partial charge in [0.05, 0.1) is 19.8 Å². The Morgan fingerprint density at radius 3 is 2.35 bits per heavy atom.